The van der Waals surface area contributed by atoms with E-state index in [2.05, 4.69) is 20.5 Å². The molecule has 1 unspecified atom stereocenters. The van der Waals surface area contributed by atoms with Gasteiger partial charge in [-0.1, -0.05) is 6.07 Å². The number of amides is 3. The van der Waals surface area contributed by atoms with Crippen molar-refractivity contribution >= 4 is 23.6 Å². The van der Waals surface area contributed by atoms with Gasteiger partial charge in [-0.05, 0) is 89.6 Å². The number of nitrogens with one attached hydrogen (secondary N) is 2. The molecule has 10 heteroatoms. The van der Waals surface area contributed by atoms with Gasteiger partial charge in [0.2, 0.25) is 11.8 Å². The highest BCUT2D eigenvalue weighted by Crippen LogP contribution is 2.40. The number of hydrazine groups is 1. The van der Waals surface area contributed by atoms with Crippen LogP contribution in [0.4, 0.5) is 14.9 Å². The number of benzene rings is 1. The Balaban J connectivity index is 1.03. The van der Waals surface area contributed by atoms with Gasteiger partial charge >= 0.3 is 6.09 Å². The lowest BCUT2D eigenvalue weighted by Crippen LogP contribution is -2.65. The molecule has 1 atom stereocenters. The number of nitrogens with zero attached hydrogens (tertiary/aromatic N) is 3. The number of anilines is 1. The summed E-state index contributed by atoms with van der Waals surface area (Å²) in [6.07, 6.45) is 4.67. The molecule has 5 rings (SSSR count). The summed E-state index contributed by atoms with van der Waals surface area (Å²) < 4.78 is 20.4. The van der Waals surface area contributed by atoms with Crippen molar-refractivity contribution in [2.75, 3.05) is 50.7 Å². The highest BCUT2D eigenvalue weighted by atomic mass is 19.1. The molecule has 4 fully saturated rings. The first kappa shape index (κ1) is 27.8. The minimum atomic E-state index is -0.495. The quantitative estimate of drug-likeness (QED) is 0.550. The van der Waals surface area contributed by atoms with Crippen molar-refractivity contribution in [3.05, 3.63) is 29.6 Å². The summed E-state index contributed by atoms with van der Waals surface area (Å²) in [5, 5.41) is 4.32. The molecule has 4 saturated heterocycles. The largest absolute Gasteiger partial charge is 0.443 e. The topological polar surface area (TPSA) is 94.2 Å². The van der Waals surface area contributed by atoms with Crippen molar-refractivity contribution in [1.29, 1.82) is 0 Å². The molecule has 4 aliphatic heterocycles. The maximum atomic E-state index is 15.1. The van der Waals surface area contributed by atoms with E-state index < -0.39 is 11.5 Å². The first-order valence-electron chi connectivity index (χ1n) is 14.3. The second-order valence-corrected chi connectivity index (χ2v) is 12.9. The Morgan fingerprint density at radius 1 is 1.10 bits per heavy atom. The van der Waals surface area contributed by atoms with Gasteiger partial charge in [0.05, 0.1) is 11.6 Å². The monoisotopic (exact) mass is 543 g/mol. The number of carbonyl (C=O) groups excluding carboxylic acids is 3. The normalized spacial score (nSPS) is 24.8. The molecule has 0 aromatic heterocycles. The minimum absolute atomic E-state index is 0.262. The zero-order chi connectivity index (χ0) is 27.8. The molecule has 1 aromatic rings. The minimum Gasteiger partial charge on any atom is -0.443 e. The molecule has 0 aliphatic carbocycles. The molecule has 1 aromatic carbocycles. The molecule has 214 valence electrons. The molecular formula is C29H42FN5O4. The zero-order valence-electron chi connectivity index (χ0n) is 23.4. The molecule has 3 amide bonds. The fourth-order valence-corrected chi connectivity index (χ4v) is 6.53. The molecule has 0 bridgehead atoms. The molecule has 0 saturated carbocycles. The van der Waals surface area contributed by atoms with Gasteiger partial charge < -0.3 is 14.5 Å². The van der Waals surface area contributed by atoms with E-state index in [1.54, 1.807) is 6.07 Å². The van der Waals surface area contributed by atoms with Gasteiger partial charge in [-0.15, -0.1) is 0 Å². The van der Waals surface area contributed by atoms with Crippen molar-refractivity contribution in [3.63, 3.8) is 0 Å². The van der Waals surface area contributed by atoms with Gasteiger partial charge in [0.15, 0.2) is 0 Å². The van der Waals surface area contributed by atoms with Crippen LogP contribution in [0.5, 0.6) is 0 Å². The van der Waals surface area contributed by atoms with Crippen LogP contribution in [0.25, 0.3) is 0 Å². The Morgan fingerprint density at radius 2 is 1.79 bits per heavy atom. The zero-order valence-corrected chi connectivity index (χ0v) is 23.4. The number of ether oxygens (including phenoxy) is 1. The Hall–Kier alpha value is -2.72. The third-order valence-corrected chi connectivity index (χ3v) is 8.70. The van der Waals surface area contributed by atoms with Crippen LogP contribution >= 0.6 is 0 Å². The van der Waals surface area contributed by atoms with Crippen LogP contribution in [0.2, 0.25) is 0 Å². The van der Waals surface area contributed by atoms with E-state index >= 15 is 4.39 Å². The lowest BCUT2D eigenvalue weighted by Gasteiger charge is -2.53. The summed E-state index contributed by atoms with van der Waals surface area (Å²) in [4.78, 5) is 40.3. The van der Waals surface area contributed by atoms with E-state index in [4.69, 9.17) is 4.74 Å². The van der Waals surface area contributed by atoms with Crippen molar-refractivity contribution in [2.24, 2.45) is 11.3 Å². The average Bonchev–Trinajstić information content (AvgIpc) is 2.84. The van der Waals surface area contributed by atoms with Gasteiger partial charge in [0.1, 0.15) is 11.4 Å². The molecule has 1 spiro atoms. The number of halogens is 1. The number of likely N-dealkylation sites (tertiary alicyclic amines) is 1. The van der Waals surface area contributed by atoms with Crippen molar-refractivity contribution in [2.45, 2.75) is 70.8 Å². The Morgan fingerprint density at radius 3 is 2.41 bits per heavy atom. The van der Waals surface area contributed by atoms with E-state index in [9.17, 15) is 14.4 Å². The van der Waals surface area contributed by atoms with Crippen molar-refractivity contribution < 1.29 is 23.5 Å². The fourth-order valence-electron chi connectivity index (χ4n) is 6.53. The van der Waals surface area contributed by atoms with E-state index in [0.29, 0.717) is 29.0 Å². The lowest BCUT2D eigenvalue weighted by molar-refractivity contribution is -0.134. The number of hydrogen-bond donors (Lipinski definition) is 2. The predicted octanol–water partition coefficient (Wildman–Crippen LogP) is 3.40. The number of rotatable bonds is 5. The maximum Gasteiger partial charge on any atom is 0.422 e. The highest BCUT2D eigenvalue weighted by Gasteiger charge is 2.46. The van der Waals surface area contributed by atoms with Gasteiger partial charge in [-0.25, -0.2) is 14.2 Å². The van der Waals surface area contributed by atoms with Crippen LogP contribution in [-0.4, -0.2) is 79.2 Å². The third kappa shape index (κ3) is 6.72. The molecule has 4 aliphatic rings. The molecule has 4 heterocycles. The fraction of sp³-hybridized carbons (Fsp3) is 0.690. The molecule has 39 heavy (non-hydrogen) atoms. The van der Waals surface area contributed by atoms with Crippen LogP contribution in [-0.2, 0) is 14.3 Å². The molecular weight excluding hydrogens is 501 g/mol. The third-order valence-electron chi connectivity index (χ3n) is 8.70. The SMILES string of the molecule is CC(C)(C)OC(=O)NN1CC2(CCN(CC3CCN(c4ccc(C5CCC(=O)NC5=O)cc4F)CC3)CC2)C1. The molecule has 2 N–H and O–H groups in total. The van der Waals surface area contributed by atoms with Gasteiger partial charge in [0, 0.05) is 44.6 Å². The first-order chi connectivity index (χ1) is 18.5. The summed E-state index contributed by atoms with van der Waals surface area (Å²) >= 11 is 0. The second kappa shape index (κ2) is 11.0. The standard InChI is InChI=1S/C29H42FN5O4/c1-28(2,3)39-27(38)32-35-18-29(19-35)10-14-33(15-11-29)17-20-8-12-34(13-9-20)24-6-4-21(16-23(24)30)22-5-7-25(36)31-26(22)37/h4,6,16,20,22H,5,7-15,17-19H2,1-3H3,(H,32,38)(H,31,36,37). The highest BCUT2D eigenvalue weighted by molar-refractivity contribution is 6.00. The molecule has 0 radical (unpaired) electrons. The number of carbonyl (C=O) groups is 3. The van der Waals surface area contributed by atoms with E-state index in [1.165, 1.54) is 6.07 Å². The maximum absolute atomic E-state index is 15.1. The van der Waals surface area contributed by atoms with E-state index in [0.717, 1.165) is 71.5 Å². The summed E-state index contributed by atoms with van der Waals surface area (Å²) in [6.45, 7) is 12.2. The first-order valence-corrected chi connectivity index (χ1v) is 14.3. The van der Waals surface area contributed by atoms with Gasteiger partial charge in [-0.3, -0.25) is 20.3 Å². The smallest absolute Gasteiger partial charge is 0.422 e. The van der Waals surface area contributed by atoms with Gasteiger partial charge in [0.25, 0.3) is 0 Å². The van der Waals surface area contributed by atoms with Crippen LogP contribution in [0.3, 0.4) is 0 Å². The van der Waals surface area contributed by atoms with Crippen LogP contribution in [0.15, 0.2) is 18.2 Å². The number of imide groups is 1. The lowest BCUT2D eigenvalue weighted by atomic mass is 9.72. The van der Waals surface area contributed by atoms with E-state index in [-0.39, 0.29) is 30.1 Å². The average molecular weight is 544 g/mol. The summed E-state index contributed by atoms with van der Waals surface area (Å²) in [7, 11) is 0. The van der Waals surface area contributed by atoms with Crippen LogP contribution < -0.4 is 15.6 Å². The summed E-state index contributed by atoms with van der Waals surface area (Å²) in [5.74, 6) is -0.761. The van der Waals surface area contributed by atoms with Crippen LogP contribution in [0, 0.1) is 17.2 Å². The second-order valence-electron chi connectivity index (χ2n) is 12.9. The Bertz CT molecular complexity index is 1080. The van der Waals surface area contributed by atoms with Crippen molar-refractivity contribution in [1.82, 2.24) is 20.7 Å². The number of hydrogen-bond acceptors (Lipinski definition) is 7. The van der Waals surface area contributed by atoms with Crippen molar-refractivity contribution in [3.8, 4) is 0 Å². The Labute approximate surface area is 230 Å². The van der Waals surface area contributed by atoms with Crippen LogP contribution in [0.1, 0.15) is 70.8 Å². The van der Waals surface area contributed by atoms with Gasteiger partial charge in [-0.2, -0.15) is 0 Å². The Kier molecular flexibility index (Phi) is 7.88. The van der Waals surface area contributed by atoms with E-state index in [1.807, 2.05) is 31.8 Å². The summed E-state index contributed by atoms with van der Waals surface area (Å²) in [6, 6.07) is 5.09. The molecule has 9 nitrogen and oxygen atoms in total. The predicted molar refractivity (Wildman–Crippen MR) is 146 cm³/mol. The summed E-state index contributed by atoms with van der Waals surface area (Å²) in [5.41, 5.74) is 3.90. The number of piperidine rings is 3.